The van der Waals surface area contributed by atoms with Crippen molar-refractivity contribution in [3.63, 3.8) is 0 Å². The number of benzene rings is 1. The minimum absolute atomic E-state index is 0.0603. The van der Waals surface area contributed by atoms with Gasteiger partial charge in [0.2, 0.25) is 15.9 Å². The van der Waals surface area contributed by atoms with E-state index < -0.39 is 16.1 Å². The Morgan fingerprint density at radius 1 is 1.38 bits per heavy atom. The second-order valence-electron chi connectivity index (χ2n) is 6.33. The first kappa shape index (κ1) is 18.5. The van der Waals surface area contributed by atoms with Gasteiger partial charge in [-0.3, -0.25) is 4.79 Å². The topological polar surface area (TPSA) is 110 Å². The van der Waals surface area contributed by atoms with Gasteiger partial charge in [0.25, 0.3) is 0 Å². The van der Waals surface area contributed by atoms with Gasteiger partial charge in [-0.25, -0.2) is 13.1 Å². The van der Waals surface area contributed by atoms with Gasteiger partial charge in [-0.2, -0.15) is 4.31 Å². The first-order valence-corrected chi connectivity index (χ1v) is 10.2. The molecule has 9 nitrogen and oxygen atoms in total. The molecule has 1 aliphatic heterocycles. The van der Waals surface area contributed by atoms with Crippen molar-refractivity contribution in [1.29, 1.82) is 0 Å². The molecule has 26 heavy (non-hydrogen) atoms. The van der Waals surface area contributed by atoms with Gasteiger partial charge in [-0.05, 0) is 54.3 Å². The van der Waals surface area contributed by atoms with E-state index in [1.54, 1.807) is 12.1 Å². The number of amides is 1. The Labute approximate surface area is 152 Å². The van der Waals surface area contributed by atoms with Gasteiger partial charge in [0.1, 0.15) is 12.4 Å². The lowest BCUT2D eigenvalue weighted by Crippen LogP contribution is -2.44. The number of rotatable bonds is 6. The maximum absolute atomic E-state index is 12.7. The lowest BCUT2D eigenvalue weighted by Gasteiger charge is -2.23. The summed E-state index contributed by atoms with van der Waals surface area (Å²) in [5.74, 6) is -0.251. The summed E-state index contributed by atoms with van der Waals surface area (Å²) in [7, 11) is -3.41. The predicted molar refractivity (Wildman–Crippen MR) is 96.3 cm³/mol. The highest BCUT2D eigenvalue weighted by atomic mass is 32.2. The smallest absolute Gasteiger partial charge is 0.242 e. The number of tetrazole rings is 1. The predicted octanol–water partition coefficient (Wildman–Crippen LogP) is 1.11. The van der Waals surface area contributed by atoms with Gasteiger partial charge in [0.05, 0.1) is 11.4 Å². The van der Waals surface area contributed by atoms with Crippen LogP contribution in [0.1, 0.15) is 31.7 Å². The molecule has 1 aromatic carbocycles. The molecule has 2 aromatic rings. The number of hydrogen-bond acceptors (Lipinski definition) is 6. The quantitative estimate of drug-likeness (QED) is 0.806. The zero-order valence-electron chi connectivity index (χ0n) is 14.8. The summed E-state index contributed by atoms with van der Waals surface area (Å²) in [5.41, 5.74) is 2.27. The number of aromatic nitrogens is 4. The van der Waals surface area contributed by atoms with Crippen molar-refractivity contribution in [2.45, 2.75) is 39.2 Å². The van der Waals surface area contributed by atoms with E-state index in [9.17, 15) is 13.2 Å². The van der Waals surface area contributed by atoms with Crippen LogP contribution in [-0.4, -0.2) is 57.2 Å². The van der Waals surface area contributed by atoms with Crippen molar-refractivity contribution in [2.75, 3.05) is 17.6 Å². The molecule has 0 radical (unpaired) electrons. The third-order valence-corrected chi connectivity index (χ3v) is 6.47. The highest BCUT2D eigenvalue weighted by Gasteiger charge is 2.38. The second-order valence-corrected chi connectivity index (χ2v) is 8.37. The van der Waals surface area contributed by atoms with E-state index in [0.717, 1.165) is 11.3 Å². The number of sulfonamides is 1. The van der Waals surface area contributed by atoms with Crippen molar-refractivity contribution in [3.05, 3.63) is 30.1 Å². The average Bonchev–Trinajstić information content (AvgIpc) is 3.28. The van der Waals surface area contributed by atoms with E-state index in [0.29, 0.717) is 31.5 Å². The van der Waals surface area contributed by atoms with E-state index in [-0.39, 0.29) is 11.7 Å². The van der Waals surface area contributed by atoms with Crippen LogP contribution in [0.3, 0.4) is 0 Å². The SMILES string of the molecule is CCCS(=O)(=O)N1CCCC1C(=O)Nc1ccc(C)c(-n2cnnn2)c1. The van der Waals surface area contributed by atoms with E-state index in [4.69, 9.17) is 0 Å². The summed E-state index contributed by atoms with van der Waals surface area (Å²) in [6.07, 6.45) is 3.22. The van der Waals surface area contributed by atoms with Crippen LogP contribution in [0.4, 0.5) is 5.69 Å². The fraction of sp³-hybridized carbons (Fsp3) is 0.500. The van der Waals surface area contributed by atoms with E-state index in [1.165, 1.54) is 15.3 Å². The normalized spacial score (nSPS) is 18.2. The van der Waals surface area contributed by atoms with Crippen LogP contribution >= 0.6 is 0 Å². The van der Waals surface area contributed by atoms with E-state index in [2.05, 4.69) is 20.8 Å². The third-order valence-electron chi connectivity index (χ3n) is 4.40. The number of aryl methyl sites for hydroxylation is 1. The Balaban J connectivity index is 1.79. The van der Waals surface area contributed by atoms with E-state index in [1.807, 2.05) is 19.9 Å². The zero-order chi connectivity index (χ0) is 18.7. The Morgan fingerprint density at radius 2 is 2.19 bits per heavy atom. The lowest BCUT2D eigenvalue weighted by atomic mass is 10.1. The van der Waals surface area contributed by atoms with Gasteiger partial charge in [-0.15, -0.1) is 5.10 Å². The summed E-state index contributed by atoms with van der Waals surface area (Å²) >= 11 is 0. The molecule has 1 fully saturated rings. The molecule has 0 aliphatic carbocycles. The van der Waals surface area contributed by atoms with Gasteiger partial charge in [-0.1, -0.05) is 13.0 Å². The highest BCUT2D eigenvalue weighted by molar-refractivity contribution is 7.89. The molecule has 2 heterocycles. The Hall–Kier alpha value is -2.33. The molecule has 1 aromatic heterocycles. The highest BCUT2D eigenvalue weighted by Crippen LogP contribution is 2.24. The van der Waals surface area contributed by atoms with Crippen molar-refractivity contribution in [2.24, 2.45) is 0 Å². The van der Waals surface area contributed by atoms with Crippen LogP contribution in [0.2, 0.25) is 0 Å². The minimum atomic E-state index is -3.41. The maximum Gasteiger partial charge on any atom is 0.242 e. The molecule has 1 atom stereocenters. The molecule has 0 saturated carbocycles. The summed E-state index contributed by atoms with van der Waals surface area (Å²) in [6, 6.07) is 4.74. The summed E-state index contributed by atoms with van der Waals surface area (Å²) < 4.78 is 27.6. The third kappa shape index (κ3) is 3.75. The van der Waals surface area contributed by atoms with Crippen LogP contribution in [0.25, 0.3) is 5.69 Å². The van der Waals surface area contributed by atoms with Crippen LogP contribution in [0.5, 0.6) is 0 Å². The molecular weight excluding hydrogens is 356 g/mol. The molecular formula is C16H22N6O3S. The van der Waals surface area contributed by atoms with Gasteiger partial charge < -0.3 is 5.32 Å². The standard InChI is InChI=1S/C16H22N6O3S/c1-3-9-26(24,25)22-8-4-5-14(22)16(23)18-13-7-6-12(2)15(10-13)21-11-17-19-20-21/h6-7,10-11,14H,3-5,8-9H2,1-2H3,(H,18,23). The molecule has 140 valence electrons. The van der Waals surface area contributed by atoms with Gasteiger partial charge in [0.15, 0.2) is 0 Å². The second kappa shape index (κ2) is 7.50. The Bertz CT molecular complexity index is 881. The molecule has 1 aliphatic rings. The molecule has 0 bridgehead atoms. The largest absolute Gasteiger partial charge is 0.325 e. The number of hydrogen-bond donors (Lipinski definition) is 1. The first-order chi connectivity index (χ1) is 12.4. The maximum atomic E-state index is 12.7. The number of nitrogens with zero attached hydrogens (tertiary/aromatic N) is 5. The number of carbonyl (C=O) groups is 1. The average molecular weight is 378 g/mol. The fourth-order valence-corrected chi connectivity index (χ4v) is 4.89. The Kier molecular flexibility index (Phi) is 5.33. The zero-order valence-corrected chi connectivity index (χ0v) is 15.6. The Morgan fingerprint density at radius 3 is 2.88 bits per heavy atom. The van der Waals surface area contributed by atoms with Crippen LogP contribution < -0.4 is 5.32 Å². The summed E-state index contributed by atoms with van der Waals surface area (Å²) in [5, 5.41) is 13.9. The summed E-state index contributed by atoms with van der Waals surface area (Å²) in [6.45, 7) is 4.12. The van der Waals surface area contributed by atoms with Gasteiger partial charge in [0, 0.05) is 12.2 Å². The molecule has 1 unspecified atom stereocenters. The van der Waals surface area contributed by atoms with Crippen molar-refractivity contribution >= 4 is 21.6 Å². The van der Waals surface area contributed by atoms with Gasteiger partial charge >= 0.3 is 0 Å². The summed E-state index contributed by atoms with van der Waals surface area (Å²) in [4.78, 5) is 12.7. The fourth-order valence-electron chi connectivity index (χ4n) is 3.14. The van der Waals surface area contributed by atoms with Crippen molar-refractivity contribution < 1.29 is 13.2 Å². The van der Waals surface area contributed by atoms with E-state index >= 15 is 0 Å². The monoisotopic (exact) mass is 378 g/mol. The van der Waals surface area contributed by atoms with Crippen LogP contribution in [0.15, 0.2) is 24.5 Å². The molecule has 0 spiro atoms. The molecule has 1 N–H and O–H groups in total. The lowest BCUT2D eigenvalue weighted by molar-refractivity contribution is -0.119. The van der Waals surface area contributed by atoms with Crippen molar-refractivity contribution in [1.82, 2.24) is 24.5 Å². The van der Waals surface area contributed by atoms with Crippen molar-refractivity contribution in [3.8, 4) is 5.69 Å². The molecule has 10 heteroatoms. The molecule has 1 saturated heterocycles. The number of anilines is 1. The molecule has 1 amide bonds. The first-order valence-electron chi connectivity index (χ1n) is 8.57. The number of nitrogens with one attached hydrogen (secondary N) is 1. The van der Waals surface area contributed by atoms with Crippen LogP contribution in [-0.2, 0) is 14.8 Å². The molecule has 3 rings (SSSR count). The minimum Gasteiger partial charge on any atom is -0.325 e. The number of carbonyl (C=O) groups excluding carboxylic acids is 1. The van der Waals surface area contributed by atoms with Crippen LogP contribution in [0, 0.1) is 6.92 Å².